The van der Waals surface area contributed by atoms with Crippen molar-refractivity contribution >= 4 is 44.0 Å². The highest BCUT2D eigenvalue weighted by atomic mass is 79.9. The predicted molar refractivity (Wildman–Crippen MR) is 101 cm³/mol. The third-order valence-corrected chi connectivity index (χ3v) is 7.07. The fourth-order valence-corrected chi connectivity index (χ4v) is 5.21. The molecule has 1 fully saturated rings. The summed E-state index contributed by atoms with van der Waals surface area (Å²) in [6.07, 6.45) is 1.85. The van der Waals surface area contributed by atoms with E-state index in [2.05, 4.69) is 15.9 Å². The van der Waals surface area contributed by atoms with Crippen LogP contribution >= 0.6 is 28.3 Å². The maximum Gasteiger partial charge on any atom is 0.244 e. The minimum Gasteiger partial charge on any atom is -0.378 e. The minimum absolute atomic E-state index is 0. The highest BCUT2D eigenvalue weighted by Crippen LogP contribution is 2.31. The van der Waals surface area contributed by atoms with Crippen LogP contribution in [0.3, 0.4) is 0 Å². The minimum atomic E-state index is -3.51. The van der Waals surface area contributed by atoms with Crippen molar-refractivity contribution in [1.29, 1.82) is 0 Å². The highest BCUT2D eigenvalue weighted by Gasteiger charge is 2.32. The summed E-state index contributed by atoms with van der Waals surface area (Å²) < 4.78 is 28.1. The number of hydrogen-bond donors (Lipinski definition) is 1. The molecule has 5 nitrogen and oxygen atoms in total. The largest absolute Gasteiger partial charge is 0.378 e. The van der Waals surface area contributed by atoms with Gasteiger partial charge < -0.3 is 10.6 Å². The Hall–Kier alpha value is -0.340. The zero-order chi connectivity index (χ0) is 16.5. The van der Waals surface area contributed by atoms with Gasteiger partial charge in [0.05, 0.1) is 4.90 Å². The Kier molecular flexibility index (Phi) is 7.35. The molecule has 8 heteroatoms. The van der Waals surface area contributed by atoms with Gasteiger partial charge in [0.25, 0.3) is 0 Å². The van der Waals surface area contributed by atoms with Crippen LogP contribution in [0.5, 0.6) is 0 Å². The lowest BCUT2D eigenvalue weighted by Crippen LogP contribution is -2.45. The quantitative estimate of drug-likeness (QED) is 0.804. The van der Waals surface area contributed by atoms with Crippen LogP contribution < -0.4 is 10.6 Å². The molecule has 2 N–H and O–H groups in total. The molecule has 2 rings (SSSR count). The summed E-state index contributed by atoms with van der Waals surface area (Å²) in [5, 5.41) is 0. The third kappa shape index (κ3) is 4.60. The molecule has 0 spiro atoms. The smallest absolute Gasteiger partial charge is 0.244 e. The van der Waals surface area contributed by atoms with Crippen LogP contribution in [0.1, 0.15) is 19.8 Å². The van der Waals surface area contributed by atoms with Crippen LogP contribution in [-0.2, 0) is 10.0 Å². The molecule has 23 heavy (non-hydrogen) atoms. The molecule has 0 bridgehead atoms. The third-order valence-electron chi connectivity index (χ3n) is 4.21. The Morgan fingerprint density at radius 1 is 1.39 bits per heavy atom. The van der Waals surface area contributed by atoms with Crippen molar-refractivity contribution in [3.8, 4) is 0 Å². The second-order valence-corrected chi connectivity index (χ2v) is 8.89. The lowest BCUT2D eigenvalue weighted by Gasteiger charge is -2.34. The number of benzene rings is 1. The van der Waals surface area contributed by atoms with Crippen molar-refractivity contribution in [3.05, 3.63) is 22.7 Å². The van der Waals surface area contributed by atoms with Crippen LogP contribution in [-0.4, -0.2) is 45.9 Å². The van der Waals surface area contributed by atoms with Gasteiger partial charge >= 0.3 is 0 Å². The number of nitrogens with zero attached hydrogens (tertiary/aromatic N) is 2. The van der Waals surface area contributed by atoms with Crippen molar-refractivity contribution in [2.45, 2.75) is 30.7 Å². The van der Waals surface area contributed by atoms with Crippen LogP contribution in [0.4, 0.5) is 5.69 Å². The Morgan fingerprint density at radius 2 is 2.04 bits per heavy atom. The summed E-state index contributed by atoms with van der Waals surface area (Å²) in [5.41, 5.74) is 6.83. The molecule has 0 amide bonds. The van der Waals surface area contributed by atoms with E-state index in [0.29, 0.717) is 22.5 Å². The molecule has 1 aliphatic rings. The molecule has 1 aromatic carbocycles. The molecule has 1 aromatic rings. The van der Waals surface area contributed by atoms with Crippen molar-refractivity contribution in [3.63, 3.8) is 0 Å². The molecule has 0 radical (unpaired) electrons. The fraction of sp³-hybridized carbons (Fsp3) is 0.600. The van der Waals surface area contributed by atoms with Crippen LogP contribution in [0, 0.1) is 5.92 Å². The van der Waals surface area contributed by atoms with E-state index < -0.39 is 10.0 Å². The van der Waals surface area contributed by atoms with Gasteiger partial charge in [-0.15, -0.1) is 12.4 Å². The molecule has 0 aromatic heterocycles. The maximum atomic E-state index is 13.0. The molecule has 2 unspecified atom stereocenters. The molecule has 1 heterocycles. The monoisotopic (exact) mass is 425 g/mol. The standard InChI is InChI=1S/C15H24BrN3O2S.ClH/c1-11(17)12-5-4-8-19(10-12)22(20,21)15-9-13(18(2)3)6-7-14(15)16;/h6-7,9,11-12H,4-5,8,10,17H2,1-3H3;1H. The van der Waals surface area contributed by atoms with E-state index in [1.165, 1.54) is 0 Å². The first-order valence-electron chi connectivity index (χ1n) is 7.46. The molecule has 1 aliphatic heterocycles. The van der Waals surface area contributed by atoms with E-state index in [4.69, 9.17) is 5.73 Å². The first-order valence-corrected chi connectivity index (χ1v) is 9.69. The zero-order valence-corrected chi connectivity index (χ0v) is 16.9. The topological polar surface area (TPSA) is 66.6 Å². The molecule has 2 atom stereocenters. The van der Waals surface area contributed by atoms with E-state index in [1.54, 1.807) is 16.4 Å². The normalized spacial score (nSPS) is 20.7. The van der Waals surface area contributed by atoms with Crippen molar-refractivity contribution in [2.24, 2.45) is 11.7 Å². The first kappa shape index (κ1) is 20.7. The van der Waals surface area contributed by atoms with E-state index in [0.717, 1.165) is 18.5 Å². The van der Waals surface area contributed by atoms with E-state index in [1.807, 2.05) is 32.0 Å². The Labute approximate surface area is 153 Å². The van der Waals surface area contributed by atoms with E-state index in [-0.39, 0.29) is 24.4 Å². The second-order valence-electron chi connectivity index (χ2n) is 6.13. The van der Waals surface area contributed by atoms with Gasteiger partial charge in [-0.25, -0.2) is 8.42 Å². The molecular weight excluding hydrogens is 402 g/mol. The van der Waals surface area contributed by atoms with Gasteiger partial charge in [-0.1, -0.05) is 0 Å². The number of anilines is 1. The van der Waals surface area contributed by atoms with Crippen LogP contribution in [0.15, 0.2) is 27.6 Å². The number of piperidine rings is 1. The Balaban J connectivity index is 0.00000264. The SMILES string of the molecule is CC(N)C1CCCN(S(=O)(=O)c2cc(N(C)C)ccc2Br)C1.Cl. The number of rotatable bonds is 4. The Bertz CT molecular complexity index is 638. The van der Waals surface area contributed by atoms with Gasteiger partial charge in [-0.05, 0) is 59.8 Å². The van der Waals surface area contributed by atoms with Crippen LogP contribution in [0.25, 0.3) is 0 Å². The summed E-state index contributed by atoms with van der Waals surface area (Å²) in [6.45, 7) is 3.01. The molecular formula is C15H25BrClN3O2S. The average Bonchev–Trinajstić information content (AvgIpc) is 2.47. The van der Waals surface area contributed by atoms with Crippen molar-refractivity contribution in [1.82, 2.24) is 4.31 Å². The molecule has 1 saturated heterocycles. The van der Waals surface area contributed by atoms with Gasteiger partial charge in [0.2, 0.25) is 10.0 Å². The number of halogens is 2. The Morgan fingerprint density at radius 3 is 2.61 bits per heavy atom. The van der Waals surface area contributed by atoms with Crippen molar-refractivity contribution in [2.75, 3.05) is 32.1 Å². The fourth-order valence-electron chi connectivity index (χ4n) is 2.73. The summed E-state index contributed by atoms with van der Waals surface area (Å²) in [5.74, 6) is 0.222. The lowest BCUT2D eigenvalue weighted by atomic mass is 9.93. The van der Waals surface area contributed by atoms with Crippen LogP contribution in [0.2, 0.25) is 0 Å². The molecule has 0 saturated carbocycles. The number of hydrogen-bond acceptors (Lipinski definition) is 4. The zero-order valence-electron chi connectivity index (χ0n) is 13.7. The van der Waals surface area contributed by atoms with Gasteiger partial charge in [-0.2, -0.15) is 4.31 Å². The van der Waals surface area contributed by atoms with Gasteiger partial charge in [0.15, 0.2) is 0 Å². The summed E-state index contributed by atoms with van der Waals surface area (Å²) >= 11 is 3.38. The second kappa shape index (κ2) is 8.16. The summed E-state index contributed by atoms with van der Waals surface area (Å²) in [6, 6.07) is 5.41. The maximum absolute atomic E-state index is 13.0. The van der Waals surface area contributed by atoms with E-state index in [9.17, 15) is 8.42 Å². The predicted octanol–water partition coefficient (Wildman–Crippen LogP) is 2.68. The highest BCUT2D eigenvalue weighted by molar-refractivity contribution is 9.10. The average molecular weight is 427 g/mol. The lowest BCUT2D eigenvalue weighted by molar-refractivity contribution is 0.243. The number of sulfonamides is 1. The summed E-state index contributed by atoms with van der Waals surface area (Å²) in [4.78, 5) is 2.22. The van der Waals surface area contributed by atoms with Crippen molar-refractivity contribution < 1.29 is 8.42 Å². The molecule has 0 aliphatic carbocycles. The summed E-state index contributed by atoms with van der Waals surface area (Å²) in [7, 11) is 0.280. The first-order chi connectivity index (χ1) is 10.2. The van der Waals surface area contributed by atoms with Gasteiger partial charge in [-0.3, -0.25) is 0 Å². The van der Waals surface area contributed by atoms with E-state index >= 15 is 0 Å². The number of nitrogens with two attached hydrogens (primary N) is 1. The molecule has 132 valence electrons. The van der Waals surface area contributed by atoms with Gasteiger partial charge in [0.1, 0.15) is 0 Å². The van der Waals surface area contributed by atoms with Gasteiger partial charge in [0, 0.05) is 43.4 Å².